The zero-order valence-corrected chi connectivity index (χ0v) is 81.4. The SMILES string of the molecule is CN=Cc1ncc2n1C(c1ccc(C#N)cc1)CCC2.CNC(=O)Oc1cc(C2CCCc3cncn32)ccc1C#N.CNC(=O)c1ncc2n1C(c1ccc(C#N)cc1)CCC2.CNCc1ncc2n1C(c1ccc(C#N)cc1)CCC2.CO/N=C/c1ncc2n1C(c1ccc(C#N)cc1)CCC2.COCc1ncc2n1C(c1ccc(C#N)cc1)CCC2.COc1cc(C2CCCc3cncn32)ccc1C#N. The first-order valence-corrected chi connectivity index (χ1v) is 48.3. The highest BCUT2D eigenvalue weighted by atomic mass is 16.6. The van der Waals surface area contributed by atoms with Crippen LogP contribution in [0.3, 0.4) is 0 Å². The first kappa shape index (κ1) is 100. The van der Waals surface area contributed by atoms with Gasteiger partial charge >= 0.3 is 6.09 Å². The lowest BCUT2D eigenvalue weighted by atomic mass is 9.95. The molecule has 0 saturated heterocycles. The Morgan fingerprint density at radius 1 is 0.385 bits per heavy atom. The number of hydrogen-bond donors (Lipinski definition) is 3. The van der Waals surface area contributed by atoms with E-state index < -0.39 is 6.09 Å². The Kier molecular flexibility index (Phi) is 34.5. The van der Waals surface area contributed by atoms with Crippen molar-refractivity contribution in [3.8, 4) is 54.0 Å². The maximum atomic E-state index is 12.0. The third-order valence-corrected chi connectivity index (χ3v) is 27.0. The van der Waals surface area contributed by atoms with Gasteiger partial charge in [0.25, 0.3) is 5.91 Å². The van der Waals surface area contributed by atoms with Crippen LogP contribution in [0, 0.1) is 79.3 Å². The Labute approximate surface area is 832 Å². The molecule has 0 aliphatic carbocycles. The van der Waals surface area contributed by atoms with Crippen molar-refractivity contribution in [1.29, 1.82) is 36.8 Å². The van der Waals surface area contributed by atoms with Gasteiger partial charge in [0.1, 0.15) is 49.5 Å². The number of fused-ring (bicyclic) bond motifs is 7. The third-order valence-electron chi connectivity index (χ3n) is 27.0. The number of nitrogens with one attached hydrogen (secondary N) is 3. The molecule has 7 aromatic carbocycles. The van der Waals surface area contributed by atoms with Crippen molar-refractivity contribution in [2.24, 2.45) is 10.1 Å². The fraction of sp³-hybridized carbons (Fsp3) is 0.333. The van der Waals surface area contributed by atoms with Gasteiger partial charge in [0.05, 0.1) is 144 Å². The highest BCUT2D eigenvalue weighted by Crippen LogP contribution is 2.41. The van der Waals surface area contributed by atoms with E-state index in [-0.39, 0.29) is 29.8 Å². The molecule has 32 heteroatoms. The number of benzene rings is 7. The molecule has 7 aliphatic heterocycles. The molecule has 3 N–H and O–H groups in total. The topological polar surface area (TPSA) is 423 Å². The minimum Gasteiger partial charge on any atom is -0.495 e. The molecule has 14 heterocycles. The molecule has 0 spiro atoms. The van der Waals surface area contributed by atoms with Gasteiger partial charge in [-0.3, -0.25) is 9.79 Å². The number of ether oxygens (including phenoxy) is 3. The summed E-state index contributed by atoms with van der Waals surface area (Å²) in [4.78, 5) is 62.9. The number of methoxy groups -OCH3 is 2. The molecule has 7 unspecified atom stereocenters. The molecular weight excluding hydrogens is 1790 g/mol. The lowest BCUT2D eigenvalue weighted by Gasteiger charge is -2.28. The monoisotopic (exact) mass is 1910 g/mol. The van der Waals surface area contributed by atoms with Crippen LogP contribution in [0.2, 0.25) is 0 Å². The van der Waals surface area contributed by atoms with Crippen molar-refractivity contribution >= 4 is 24.4 Å². The minimum atomic E-state index is -0.583. The predicted molar refractivity (Wildman–Crippen MR) is 538 cm³/mol. The molecule has 0 saturated carbocycles. The summed E-state index contributed by atoms with van der Waals surface area (Å²) in [7, 11) is 11.6. The van der Waals surface area contributed by atoms with Crippen molar-refractivity contribution in [3.05, 3.63) is 361 Å². The summed E-state index contributed by atoms with van der Waals surface area (Å²) in [5.41, 5.74) is 21.2. The van der Waals surface area contributed by atoms with E-state index in [1.807, 2.05) is 195 Å². The van der Waals surface area contributed by atoms with Crippen LogP contribution in [0.5, 0.6) is 11.5 Å². The molecule has 0 fully saturated rings. The summed E-state index contributed by atoms with van der Waals surface area (Å²) < 4.78 is 31.3. The molecule has 0 bridgehead atoms. The number of aliphatic imine (C=N–C) groups is 1. The van der Waals surface area contributed by atoms with Gasteiger partial charge in [0.2, 0.25) is 0 Å². The number of oxime groups is 1. The van der Waals surface area contributed by atoms with Gasteiger partial charge in [-0.15, -0.1) is 0 Å². The van der Waals surface area contributed by atoms with Crippen LogP contribution in [0.15, 0.2) is 224 Å². The highest BCUT2D eigenvalue weighted by molar-refractivity contribution is 5.91. The number of imidazole rings is 7. The lowest BCUT2D eigenvalue weighted by molar-refractivity contribution is 0.0945. The Bertz CT molecular complexity index is 6990. The number of hydrogen-bond acceptors (Lipinski definition) is 23. The van der Waals surface area contributed by atoms with Crippen molar-refractivity contribution in [1.82, 2.24) is 82.8 Å². The average molecular weight is 1910 g/mol. The van der Waals surface area contributed by atoms with Crippen LogP contribution in [-0.4, -0.2) is 141 Å². The summed E-state index contributed by atoms with van der Waals surface area (Å²) in [5, 5.41) is 74.7. The number of nitrogens with zero attached hydrogens (tertiary/aromatic N) is 23. The normalized spacial score (nSPS) is 17.3. The molecule has 143 heavy (non-hydrogen) atoms. The summed E-state index contributed by atoms with van der Waals surface area (Å²) in [6.07, 6.45) is 42.8. The van der Waals surface area contributed by atoms with Crippen LogP contribution in [0.25, 0.3) is 0 Å². The van der Waals surface area contributed by atoms with Gasteiger partial charge in [0.15, 0.2) is 23.2 Å². The van der Waals surface area contributed by atoms with E-state index in [2.05, 4.69) is 149 Å². The number of rotatable bonds is 17. The molecule has 7 aromatic heterocycles. The predicted octanol–water partition coefficient (Wildman–Crippen LogP) is 17.7. The molecule has 724 valence electrons. The van der Waals surface area contributed by atoms with Crippen molar-refractivity contribution in [3.63, 3.8) is 0 Å². The number of amides is 2. The quantitative estimate of drug-likeness (QED) is 0.0563. The number of carbonyl (C=O) groups is 2. The largest absolute Gasteiger partial charge is 0.495 e. The molecule has 21 rings (SSSR count). The summed E-state index contributed by atoms with van der Waals surface area (Å²) in [6.45, 7) is 1.32. The maximum absolute atomic E-state index is 12.0. The van der Waals surface area contributed by atoms with Crippen molar-refractivity contribution in [2.75, 3.05) is 49.5 Å². The second kappa shape index (κ2) is 49.1. The van der Waals surface area contributed by atoms with Crippen molar-refractivity contribution in [2.45, 2.75) is 190 Å². The molecule has 0 radical (unpaired) electrons. The van der Waals surface area contributed by atoms with Crippen LogP contribution in [-0.2, 0) is 67.7 Å². The Morgan fingerprint density at radius 2 is 0.727 bits per heavy atom. The molecule has 7 atom stereocenters. The molecule has 14 aromatic rings. The van der Waals surface area contributed by atoms with Crippen LogP contribution in [0.1, 0.15) is 284 Å². The zero-order chi connectivity index (χ0) is 100. The summed E-state index contributed by atoms with van der Waals surface area (Å²) >= 11 is 0. The van der Waals surface area contributed by atoms with E-state index in [1.165, 1.54) is 102 Å². The first-order valence-electron chi connectivity index (χ1n) is 48.3. The van der Waals surface area contributed by atoms with Gasteiger partial charge in [-0.25, -0.2) is 39.7 Å². The first-order chi connectivity index (χ1) is 70.1. The second-order valence-electron chi connectivity index (χ2n) is 35.5. The standard InChI is InChI=1S/C16H16N4O2.2C16H16N4O.C16H18N4.C16H16N4.C16H17N3O.C15H15N3O/c1-18-16(21)22-15-7-11(5-6-12(15)8-17)14-4-2-3-13-9-19-10-20(13)14;1-21-19-11-16-18-10-14-3-2-4-15(20(14)16)13-7-5-12(9-17)6-8-13;1-18-16(21)15-19-10-13-3-2-4-14(20(13)15)12-7-5-11(9-17)6-8-12;2*1-18-11-16-19-10-14-3-2-4-15(20(14)16)13-7-5-12(9-17)6-8-13;1-20-11-16-18-10-14-3-2-4-15(19(14)16)13-7-5-12(9-17)6-8-13;1-19-15-7-11(5-6-12(15)8-16)14-4-2-3-13-9-17-10-18(13)14/h5-7,9-10,14H,2-4H2,1H3,(H,18,21);5-8,10-11,15H,2-4H2,1H3;5-8,10,14H,2-4H2,1H3,(H,18,21);5-8,10,15,18H,2-4,11H2,1H3;5-8,10-11,15H,2-4H2,1H3;5-8,10,15H,2-4,11H2,1H3;5-7,9-10,14H,2-4H2,1H3/b;19-11+;;;;;. The fourth-order valence-corrected chi connectivity index (χ4v) is 20.1. The van der Waals surface area contributed by atoms with Gasteiger partial charge in [-0.2, -0.15) is 36.8 Å². The van der Waals surface area contributed by atoms with Crippen molar-refractivity contribution < 1.29 is 28.6 Å². The van der Waals surface area contributed by atoms with E-state index in [1.54, 1.807) is 52.9 Å². The van der Waals surface area contributed by atoms with Crippen LogP contribution < -0.4 is 25.4 Å². The number of aromatic nitrogens is 14. The van der Waals surface area contributed by atoms with E-state index in [0.717, 1.165) is 156 Å². The van der Waals surface area contributed by atoms with E-state index in [4.69, 9.17) is 55.9 Å². The van der Waals surface area contributed by atoms with E-state index in [0.29, 0.717) is 81.3 Å². The molecule has 32 nitrogen and oxygen atoms in total. The van der Waals surface area contributed by atoms with Gasteiger partial charge in [0, 0.05) is 111 Å². The third kappa shape index (κ3) is 23.6. The van der Waals surface area contributed by atoms with E-state index >= 15 is 0 Å². The average Bonchev–Trinajstić information content (AvgIpc) is 1.59. The Morgan fingerprint density at radius 3 is 1.10 bits per heavy atom. The number of carbonyl (C=O) groups excluding carboxylic acids is 2. The number of nitriles is 7. The van der Waals surface area contributed by atoms with Crippen LogP contribution in [0.4, 0.5) is 4.79 Å². The maximum Gasteiger partial charge on any atom is 0.412 e. The smallest absolute Gasteiger partial charge is 0.412 e. The summed E-state index contributed by atoms with van der Waals surface area (Å²) in [5.74, 6) is 5.02. The zero-order valence-electron chi connectivity index (χ0n) is 81.4. The molecule has 2 amide bonds. The van der Waals surface area contributed by atoms with Gasteiger partial charge in [-0.1, -0.05) is 78.0 Å². The Hall–Kier alpha value is -17.0. The molecule has 7 aliphatic rings. The number of aryl methyl sites for hydroxylation is 7. The Balaban J connectivity index is 0.000000126. The molecular formula is C111H114N26O6. The second-order valence-corrected chi connectivity index (χ2v) is 35.5. The highest BCUT2D eigenvalue weighted by Gasteiger charge is 2.33. The fourth-order valence-electron chi connectivity index (χ4n) is 20.1. The van der Waals surface area contributed by atoms with Gasteiger partial charge in [-0.05, 0) is 266 Å². The van der Waals surface area contributed by atoms with E-state index in [9.17, 15) is 9.59 Å². The lowest BCUT2D eigenvalue weighted by Crippen LogP contribution is -2.27. The minimum absolute atomic E-state index is 0.108. The van der Waals surface area contributed by atoms with Gasteiger partial charge < -0.3 is 67.0 Å². The van der Waals surface area contributed by atoms with Crippen LogP contribution >= 0.6 is 0 Å². The summed E-state index contributed by atoms with van der Waals surface area (Å²) in [6, 6.07) is 66.9.